The van der Waals surface area contributed by atoms with Crippen LogP contribution in [0.25, 0.3) is 22.0 Å². The van der Waals surface area contributed by atoms with Crippen molar-refractivity contribution in [2.75, 3.05) is 26.2 Å². The molecular weight excluding hydrogens is 504 g/mol. The Kier molecular flexibility index (Phi) is 6.11. The van der Waals surface area contributed by atoms with Gasteiger partial charge in [-0.2, -0.15) is 9.04 Å². The molecule has 0 spiro atoms. The molecule has 1 fully saturated rings. The zero-order chi connectivity index (χ0) is 25.6. The lowest BCUT2D eigenvalue weighted by Crippen LogP contribution is -2.50. The number of aromatic amines is 1. The molecule has 4 aromatic rings. The van der Waals surface area contributed by atoms with Crippen molar-refractivity contribution in [3.8, 4) is 16.9 Å². The zero-order valence-electron chi connectivity index (χ0n) is 19.3. The quantitative estimate of drug-likeness (QED) is 0.312. The van der Waals surface area contributed by atoms with Crippen LogP contribution in [0, 0.1) is 12.1 Å². The number of aromatic hydroxyl groups is 1. The average Bonchev–Trinajstić information content (AvgIpc) is 3.22. The summed E-state index contributed by atoms with van der Waals surface area (Å²) < 4.78 is 28.5. The van der Waals surface area contributed by atoms with E-state index in [9.17, 15) is 23.5 Å². The fourth-order valence-corrected chi connectivity index (χ4v) is 6.01. The number of aryl methyl sites for hydroxylation is 1. The van der Waals surface area contributed by atoms with Gasteiger partial charge >= 0.3 is 0 Å². The van der Waals surface area contributed by atoms with E-state index in [0.29, 0.717) is 27.2 Å². The van der Waals surface area contributed by atoms with E-state index < -0.39 is 10.0 Å². The van der Waals surface area contributed by atoms with Crippen molar-refractivity contribution in [1.82, 2.24) is 14.2 Å². The van der Waals surface area contributed by atoms with E-state index in [1.165, 1.54) is 16.6 Å². The molecule has 186 valence electrons. The van der Waals surface area contributed by atoms with Gasteiger partial charge in [-0.1, -0.05) is 23.7 Å². The van der Waals surface area contributed by atoms with Crippen LogP contribution in [0.1, 0.15) is 16.1 Å². The third kappa shape index (κ3) is 4.27. The first kappa shape index (κ1) is 24.1. The Hall–Kier alpha value is -3.60. The highest BCUT2D eigenvalue weighted by Crippen LogP contribution is 2.35. The van der Waals surface area contributed by atoms with Crippen molar-refractivity contribution in [2.24, 2.45) is 0 Å². The van der Waals surface area contributed by atoms with Crippen LogP contribution in [0.3, 0.4) is 0 Å². The molecule has 5 rings (SSSR count). The topological polar surface area (TPSA) is 121 Å². The SMILES string of the molecule is Cc1cc(-c2ccc(C(=O)N3CCN(S(=O)(=O)c4[nH]c5ccc(Cl)cc5c4O)CC3)cc2)cc[n+]1[O-]. The van der Waals surface area contributed by atoms with Gasteiger partial charge in [-0.25, -0.2) is 8.42 Å². The van der Waals surface area contributed by atoms with Crippen LogP contribution in [-0.4, -0.2) is 59.8 Å². The van der Waals surface area contributed by atoms with Gasteiger partial charge in [-0.3, -0.25) is 4.79 Å². The second kappa shape index (κ2) is 9.12. The lowest BCUT2D eigenvalue weighted by Gasteiger charge is -2.33. The summed E-state index contributed by atoms with van der Waals surface area (Å²) in [6.45, 7) is 2.35. The van der Waals surface area contributed by atoms with Crippen LogP contribution in [0.2, 0.25) is 5.02 Å². The van der Waals surface area contributed by atoms with E-state index in [2.05, 4.69) is 4.98 Å². The Morgan fingerprint density at radius 3 is 2.39 bits per heavy atom. The first-order chi connectivity index (χ1) is 17.1. The minimum absolute atomic E-state index is 0.0974. The maximum absolute atomic E-state index is 13.2. The van der Waals surface area contributed by atoms with Gasteiger partial charge in [0.15, 0.2) is 22.7 Å². The molecule has 9 nitrogen and oxygen atoms in total. The van der Waals surface area contributed by atoms with Crippen LogP contribution in [-0.2, 0) is 10.0 Å². The van der Waals surface area contributed by atoms with Gasteiger partial charge < -0.3 is 20.2 Å². The first-order valence-electron chi connectivity index (χ1n) is 11.2. The number of rotatable bonds is 4. The van der Waals surface area contributed by atoms with Crippen LogP contribution in [0.15, 0.2) is 65.8 Å². The van der Waals surface area contributed by atoms with E-state index in [0.717, 1.165) is 15.9 Å². The molecule has 0 aliphatic carbocycles. The monoisotopic (exact) mass is 526 g/mol. The van der Waals surface area contributed by atoms with Crippen LogP contribution >= 0.6 is 11.6 Å². The highest BCUT2D eigenvalue weighted by atomic mass is 35.5. The molecule has 2 N–H and O–H groups in total. The summed E-state index contributed by atoms with van der Waals surface area (Å²) >= 11 is 5.98. The van der Waals surface area contributed by atoms with E-state index >= 15 is 0 Å². The number of halogens is 1. The Balaban J connectivity index is 1.28. The molecule has 0 unspecified atom stereocenters. The van der Waals surface area contributed by atoms with Crippen molar-refractivity contribution < 1.29 is 23.0 Å². The number of sulfonamides is 1. The molecule has 1 aliphatic rings. The number of H-pyrrole nitrogens is 1. The molecule has 0 bridgehead atoms. The highest BCUT2D eigenvalue weighted by Gasteiger charge is 2.34. The highest BCUT2D eigenvalue weighted by molar-refractivity contribution is 7.89. The molecular formula is C25H23ClN4O5S. The summed E-state index contributed by atoms with van der Waals surface area (Å²) in [5.74, 6) is -0.562. The van der Waals surface area contributed by atoms with Crippen LogP contribution in [0.5, 0.6) is 5.75 Å². The third-order valence-corrected chi connectivity index (χ3v) is 8.48. The van der Waals surface area contributed by atoms with Gasteiger partial charge in [0.2, 0.25) is 0 Å². The van der Waals surface area contributed by atoms with Gasteiger partial charge in [0, 0.05) is 61.2 Å². The summed E-state index contributed by atoms with van der Waals surface area (Å²) in [6.07, 6.45) is 1.45. The number of hydrogen-bond acceptors (Lipinski definition) is 5. The molecule has 1 aliphatic heterocycles. The summed E-state index contributed by atoms with van der Waals surface area (Å²) in [4.78, 5) is 17.4. The van der Waals surface area contributed by atoms with Crippen molar-refractivity contribution in [2.45, 2.75) is 11.9 Å². The predicted molar refractivity (Wildman–Crippen MR) is 135 cm³/mol. The van der Waals surface area contributed by atoms with Crippen LogP contribution < -0.4 is 4.73 Å². The lowest BCUT2D eigenvalue weighted by molar-refractivity contribution is -0.612. The number of pyridine rings is 1. The van der Waals surface area contributed by atoms with E-state index in [4.69, 9.17) is 11.6 Å². The summed E-state index contributed by atoms with van der Waals surface area (Å²) in [6, 6.07) is 15.3. The zero-order valence-corrected chi connectivity index (χ0v) is 20.9. The summed E-state index contributed by atoms with van der Waals surface area (Å²) in [7, 11) is -4.00. The van der Waals surface area contributed by atoms with Gasteiger partial charge in [-0.15, -0.1) is 0 Å². The fraction of sp³-hybridized carbons (Fsp3) is 0.200. The van der Waals surface area contributed by atoms with Crippen LogP contribution in [0.4, 0.5) is 0 Å². The number of hydrogen-bond donors (Lipinski definition) is 2. The predicted octanol–water partition coefficient (Wildman–Crippen LogP) is 3.28. The first-order valence-corrected chi connectivity index (χ1v) is 13.1. The number of benzene rings is 2. The molecule has 1 saturated heterocycles. The molecule has 2 aromatic carbocycles. The molecule has 0 radical (unpaired) electrons. The van der Waals surface area contributed by atoms with Crippen molar-refractivity contribution >= 4 is 38.4 Å². The van der Waals surface area contributed by atoms with E-state index in [1.807, 2.05) is 12.1 Å². The Morgan fingerprint density at radius 2 is 1.72 bits per heavy atom. The number of carbonyl (C=O) groups is 1. The number of nitrogens with one attached hydrogen (secondary N) is 1. The number of nitrogens with zero attached hydrogens (tertiary/aromatic N) is 3. The Morgan fingerprint density at radius 1 is 1.03 bits per heavy atom. The minimum atomic E-state index is -4.00. The van der Waals surface area contributed by atoms with Gasteiger partial charge in [-0.05, 0) is 41.5 Å². The Bertz CT molecular complexity index is 1580. The molecule has 0 saturated carbocycles. The lowest BCUT2D eigenvalue weighted by atomic mass is 10.0. The average molecular weight is 527 g/mol. The molecule has 11 heteroatoms. The normalized spacial score (nSPS) is 14.9. The van der Waals surface area contributed by atoms with Gasteiger partial charge in [0.25, 0.3) is 15.9 Å². The van der Waals surface area contributed by atoms with Gasteiger partial charge in [0.1, 0.15) is 0 Å². The number of piperazine rings is 1. The number of aromatic nitrogens is 2. The second-order valence-corrected chi connectivity index (χ2v) is 11.0. The number of amides is 1. The maximum atomic E-state index is 13.2. The molecule has 0 atom stereocenters. The standard InChI is InChI=1S/C25H23ClN4O5S/c1-16-14-19(8-9-30(16)33)17-2-4-18(5-3-17)25(32)28-10-12-29(13-11-28)36(34,35)24-23(31)21-15-20(26)6-7-22(21)27-24/h2-9,14-15,27,31H,10-13H2,1H3. The van der Waals surface area contributed by atoms with E-state index in [-0.39, 0.29) is 42.9 Å². The summed E-state index contributed by atoms with van der Waals surface area (Å²) in [5, 5.41) is 22.5. The minimum Gasteiger partial charge on any atom is -0.619 e. The summed E-state index contributed by atoms with van der Waals surface area (Å²) in [5.41, 5.74) is 3.29. The van der Waals surface area contributed by atoms with Crippen molar-refractivity contribution in [1.29, 1.82) is 0 Å². The van der Waals surface area contributed by atoms with Crippen molar-refractivity contribution in [3.05, 3.63) is 82.3 Å². The van der Waals surface area contributed by atoms with Crippen molar-refractivity contribution in [3.63, 3.8) is 0 Å². The molecule has 2 aromatic heterocycles. The number of carbonyl (C=O) groups excluding carboxylic acids is 1. The number of fused-ring (bicyclic) bond motifs is 1. The molecule has 3 heterocycles. The fourth-order valence-electron chi connectivity index (χ4n) is 4.34. The Labute approximate surface area is 212 Å². The van der Waals surface area contributed by atoms with E-state index in [1.54, 1.807) is 48.2 Å². The molecule has 1 amide bonds. The molecule has 36 heavy (non-hydrogen) atoms. The third-order valence-electron chi connectivity index (χ3n) is 6.39. The maximum Gasteiger partial charge on any atom is 0.262 e. The second-order valence-electron chi connectivity index (χ2n) is 8.65. The smallest absolute Gasteiger partial charge is 0.262 e. The largest absolute Gasteiger partial charge is 0.619 e. The van der Waals surface area contributed by atoms with Gasteiger partial charge in [0.05, 0.1) is 5.52 Å².